The number of carboxylic acids is 1. The van der Waals surface area contributed by atoms with Gasteiger partial charge < -0.3 is 10.4 Å². The average Bonchev–Trinajstić information content (AvgIpc) is 2.66. The van der Waals surface area contributed by atoms with E-state index in [1.54, 1.807) is 6.07 Å². The van der Waals surface area contributed by atoms with Crippen LogP contribution < -0.4 is 5.32 Å². The minimum atomic E-state index is -2.99. The highest BCUT2D eigenvalue weighted by molar-refractivity contribution is 7.92. The third-order valence-corrected chi connectivity index (χ3v) is 5.79. The minimum absolute atomic E-state index is 0.101. The van der Waals surface area contributed by atoms with Crippen molar-refractivity contribution >= 4 is 33.1 Å². The topological polar surface area (TPSA) is 83.5 Å². The first-order valence-electron chi connectivity index (χ1n) is 5.88. The molecular formula is C12H14ClNO4S. The van der Waals surface area contributed by atoms with Crippen molar-refractivity contribution in [1.82, 2.24) is 0 Å². The number of aromatic carboxylic acids is 1. The fraction of sp³-hybridized carbons (Fsp3) is 0.417. The molecule has 0 radical (unpaired) electrons. The maximum Gasteiger partial charge on any atom is 0.335 e. The Morgan fingerprint density at radius 2 is 2.21 bits per heavy atom. The Morgan fingerprint density at radius 3 is 2.74 bits per heavy atom. The van der Waals surface area contributed by atoms with Crippen LogP contribution in [0, 0.1) is 0 Å². The fourth-order valence-corrected chi connectivity index (χ4v) is 4.12. The third kappa shape index (κ3) is 3.19. The molecule has 0 spiro atoms. The second-order valence-corrected chi connectivity index (χ2v) is 7.32. The van der Waals surface area contributed by atoms with Gasteiger partial charge in [-0.15, -0.1) is 0 Å². The molecule has 1 aliphatic heterocycles. The summed E-state index contributed by atoms with van der Waals surface area (Å²) in [7, 11) is -2.99. The van der Waals surface area contributed by atoms with Crippen molar-refractivity contribution in [2.75, 3.05) is 17.6 Å². The molecule has 0 saturated carbocycles. The second kappa shape index (κ2) is 5.38. The van der Waals surface area contributed by atoms with Gasteiger partial charge in [0.1, 0.15) is 0 Å². The van der Waals surface area contributed by atoms with Crippen LogP contribution in [0.2, 0.25) is 5.02 Å². The summed E-state index contributed by atoms with van der Waals surface area (Å²) >= 11 is 5.95. The van der Waals surface area contributed by atoms with E-state index in [0.717, 1.165) is 0 Å². The molecule has 5 nitrogen and oxygen atoms in total. The Morgan fingerprint density at radius 1 is 1.47 bits per heavy atom. The molecule has 2 N–H and O–H groups in total. The third-order valence-electron chi connectivity index (χ3n) is 3.20. The quantitative estimate of drug-likeness (QED) is 0.889. The zero-order valence-corrected chi connectivity index (χ0v) is 11.7. The van der Waals surface area contributed by atoms with E-state index in [-0.39, 0.29) is 21.6 Å². The predicted octanol–water partition coefficient (Wildman–Crippen LogP) is 2.03. The van der Waals surface area contributed by atoms with E-state index < -0.39 is 15.8 Å². The van der Waals surface area contributed by atoms with Crippen molar-refractivity contribution in [3.05, 3.63) is 28.8 Å². The van der Waals surface area contributed by atoms with Crippen LogP contribution in [0.25, 0.3) is 0 Å². The maximum absolute atomic E-state index is 11.7. The molecule has 104 valence electrons. The van der Waals surface area contributed by atoms with Crippen LogP contribution in [-0.4, -0.2) is 37.0 Å². The summed E-state index contributed by atoms with van der Waals surface area (Å²) in [6.07, 6.45) is 1.35. The van der Waals surface area contributed by atoms with Crippen LogP contribution in [-0.2, 0) is 9.84 Å². The number of rotatable bonds is 4. The number of carbonyl (C=O) groups is 1. The van der Waals surface area contributed by atoms with Gasteiger partial charge in [-0.25, -0.2) is 13.2 Å². The lowest BCUT2D eigenvalue weighted by Crippen LogP contribution is -2.25. The first-order valence-corrected chi connectivity index (χ1v) is 7.98. The summed E-state index contributed by atoms with van der Waals surface area (Å²) in [6, 6.07) is 4.32. The first kappa shape index (κ1) is 14.1. The summed E-state index contributed by atoms with van der Waals surface area (Å²) in [5.74, 6) is -0.808. The maximum atomic E-state index is 11.7. The molecule has 0 aliphatic carbocycles. The van der Waals surface area contributed by atoms with E-state index in [9.17, 15) is 13.2 Å². The van der Waals surface area contributed by atoms with E-state index in [4.69, 9.17) is 16.7 Å². The number of halogens is 1. The van der Waals surface area contributed by atoms with Gasteiger partial charge in [0, 0.05) is 6.54 Å². The van der Waals surface area contributed by atoms with Crippen LogP contribution in [0.15, 0.2) is 18.2 Å². The van der Waals surface area contributed by atoms with Crippen LogP contribution in [0.1, 0.15) is 23.2 Å². The predicted molar refractivity (Wildman–Crippen MR) is 73.7 cm³/mol. The zero-order chi connectivity index (χ0) is 14.0. The van der Waals surface area contributed by atoms with E-state index >= 15 is 0 Å². The average molecular weight is 304 g/mol. The molecule has 1 atom stereocenters. The highest BCUT2D eigenvalue weighted by Crippen LogP contribution is 2.25. The van der Waals surface area contributed by atoms with Gasteiger partial charge in [-0.05, 0) is 31.0 Å². The molecule has 19 heavy (non-hydrogen) atoms. The van der Waals surface area contributed by atoms with Crippen LogP contribution in [0.3, 0.4) is 0 Å². The number of anilines is 1. The standard InChI is InChI=1S/C12H14ClNO4S/c13-10-6-8(12(15)16)3-4-11(10)14-7-9-2-1-5-19(9,17)18/h3-4,6,9,14H,1-2,5,7H2,(H,15,16). The van der Waals surface area contributed by atoms with Crippen molar-refractivity contribution in [3.8, 4) is 0 Å². The number of hydrogen-bond donors (Lipinski definition) is 2. The molecule has 1 aromatic carbocycles. The number of carboxylic acid groups (broad SMARTS) is 1. The Hall–Kier alpha value is -1.27. The minimum Gasteiger partial charge on any atom is -0.478 e. The van der Waals surface area contributed by atoms with E-state index in [2.05, 4.69) is 5.32 Å². The molecule has 1 saturated heterocycles. The number of nitrogens with one attached hydrogen (secondary N) is 1. The van der Waals surface area contributed by atoms with Crippen LogP contribution in [0.4, 0.5) is 5.69 Å². The Balaban J connectivity index is 2.06. The van der Waals surface area contributed by atoms with Crippen LogP contribution >= 0.6 is 11.6 Å². The molecule has 1 unspecified atom stereocenters. The first-order chi connectivity index (χ1) is 8.90. The summed E-state index contributed by atoms with van der Waals surface area (Å²) in [4.78, 5) is 10.8. The lowest BCUT2D eigenvalue weighted by Gasteiger charge is -2.13. The van der Waals surface area contributed by atoms with Gasteiger partial charge in [-0.3, -0.25) is 0 Å². The van der Waals surface area contributed by atoms with Gasteiger partial charge in [-0.2, -0.15) is 0 Å². The molecule has 0 bridgehead atoms. The van der Waals surface area contributed by atoms with Crippen LogP contribution in [0.5, 0.6) is 0 Å². The molecule has 0 amide bonds. The largest absolute Gasteiger partial charge is 0.478 e. The van der Waals surface area contributed by atoms with Gasteiger partial charge >= 0.3 is 5.97 Å². The smallest absolute Gasteiger partial charge is 0.335 e. The number of hydrogen-bond acceptors (Lipinski definition) is 4. The molecule has 2 rings (SSSR count). The summed E-state index contributed by atoms with van der Waals surface area (Å²) < 4.78 is 23.3. The molecule has 1 aliphatic rings. The van der Waals surface area contributed by atoms with E-state index in [1.165, 1.54) is 12.1 Å². The number of sulfone groups is 1. The van der Waals surface area contributed by atoms with Gasteiger partial charge in [0.2, 0.25) is 0 Å². The lowest BCUT2D eigenvalue weighted by atomic mass is 10.2. The zero-order valence-electron chi connectivity index (χ0n) is 10.1. The Bertz CT molecular complexity index is 600. The molecule has 0 aromatic heterocycles. The van der Waals surface area contributed by atoms with Crippen molar-refractivity contribution < 1.29 is 18.3 Å². The Labute approximate surface area is 116 Å². The summed E-state index contributed by atoms with van der Waals surface area (Å²) in [5, 5.41) is 11.7. The fourth-order valence-electron chi connectivity index (χ4n) is 2.10. The lowest BCUT2D eigenvalue weighted by molar-refractivity contribution is 0.0697. The number of benzene rings is 1. The van der Waals surface area contributed by atoms with Crippen molar-refractivity contribution in [2.45, 2.75) is 18.1 Å². The second-order valence-electron chi connectivity index (χ2n) is 4.51. The van der Waals surface area contributed by atoms with E-state index in [1.807, 2.05) is 0 Å². The molecule has 1 aromatic rings. The SMILES string of the molecule is O=C(O)c1ccc(NCC2CCCS2(=O)=O)c(Cl)c1. The van der Waals surface area contributed by atoms with Gasteiger partial charge in [-0.1, -0.05) is 11.6 Å². The molecular weight excluding hydrogens is 290 g/mol. The van der Waals surface area contributed by atoms with Crippen molar-refractivity contribution in [1.29, 1.82) is 0 Å². The molecule has 7 heteroatoms. The van der Waals surface area contributed by atoms with Gasteiger partial charge in [0.25, 0.3) is 0 Å². The van der Waals surface area contributed by atoms with Crippen molar-refractivity contribution in [3.63, 3.8) is 0 Å². The Kier molecular flexibility index (Phi) is 4.01. The monoisotopic (exact) mass is 303 g/mol. The highest BCUT2D eigenvalue weighted by Gasteiger charge is 2.30. The van der Waals surface area contributed by atoms with E-state index in [0.29, 0.717) is 25.1 Å². The molecule has 1 fully saturated rings. The highest BCUT2D eigenvalue weighted by atomic mass is 35.5. The summed E-state index contributed by atoms with van der Waals surface area (Å²) in [5.41, 5.74) is 0.651. The summed E-state index contributed by atoms with van der Waals surface area (Å²) in [6.45, 7) is 0.300. The van der Waals surface area contributed by atoms with Gasteiger partial charge in [0.05, 0.1) is 27.3 Å². The van der Waals surface area contributed by atoms with Gasteiger partial charge in [0.15, 0.2) is 9.84 Å². The molecule has 1 heterocycles. The normalized spacial score (nSPS) is 21.2. The van der Waals surface area contributed by atoms with Crippen molar-refractivity contribution in [2.24, 2.45) is 0 Å².